The lowest BCUT2D eigenvalue weighted by Crippen LogP contribution is -2.54. The van der Waals surface area contributed by atoms with Crippen molar-refractivity contribution in [1.82, 2.24) is 10.0 Å². The number of aryl methyl sites for hydroxylation is 1. The second-order valence-corrected chi connectivity index (χ2v) is 18.1. The van der Waals surface area contributed by atoms with Crippen molar-refractivity contribution in [2.24, 2.45) is 28.0 Å². The van der Waals surface area contributed by atoms with E-state index in [1.165, 1.54) is 11.1 Å². The van der Waals surface area contributed by atoms with Crippen molar-refractivity contribution in [2.45, 2.75) is 88.9 Å². The number of rotatable bonds is 4. The first-order chi connectivity index (χ1) is 24.5. The summed E-state index contributed by atoms with van der Waals surface area (Å²) in [6.45, 7) is 5.64. The molecule has 1 spiro atoms. The summed E-state index contributed by atoms with van der Waals surface area (Å²) in [6, 6.07) is 10.7. The number of anilines is 1. The molecule has 3 aliphatic carbocycles. The van der Waals surface area contributed by atoms with Crippen LogP contribution in [0.4, 0.5) is 10.5 Å². The van der Waals surface area contributed by atoms with Gasteiger partial charge < -0.3 is 24.8 Å². The molecular formula is C39H51ClN4O6S. The summed E-state index contributed by atoms with van der Waals surface area (Å²) < 4.78 is 34.0. The molecule has 51 heavy (non-hydrogen) atoms. The molecule has 9 atom stereocenters. The maximum absolute atomic E-state index is 14.5. The first kappa shape index (κ1) is 36.2. The van der Waals surface area contributed by atoms with Gasteiger partial charge in [0.2, 0.25) is 0 Å². The number of hydrogen-bond donors (Lipinski definition) is 3. The van der Waals surface area contributed by atoms with E-state index in [0.29, 0.717) is 37.2 Å². The van der Waals surface area contributed by atoms with Gasteiger partial charge in [0.25, 0.3) is 5.91 Å². The largest absolute Gasteiger partial charge is 0.490 e. The van der Waals surface area contributed by atoms with Gasteiger partial charge in [0.05, 0.1) is 30.3 Å². The maximum Gasteiger partial charge on any atom is 0.327 e. The molecule has 0 aromatic heterocycles. The van der Waals surface area contributed by atoms with Gasteiger partial charge in [-0.1, -0.05) is 36.7 Å². The van der Waals surface area contributed by atoms with Gasteiger partial charge in [-0.3, -0.25) is 9.52 Å². The molecule has 2 aromatic rings. The minimum atomic E-state index is -3.53. The Hall–Kier alpha value is -3.12. The molecule has 276 valence electrons. The van der Waals surface area contributed by atoms with Crippen LogP contribution in [0.3, 0.4) is 0 Å². The number of fused-ring (bicyclic) bond motifs is 4. The van der Waals surface area contributed by atoms with E-state index in [9.17, 15) is 18.9 Å². The van der Waals surface area contributed by atoms with Crippen molar-refractivity contribution in [3.8, 4) is 5.75 Å². The van der Waals surface area contributed by atoms with Gasteiger partial charge in [-0.2, -0.15) is 0 Å². The first-order valence-electron chi connectivity index (χ1n) is 18.5. The van der Waals surface area contributed by atoms with Gasteiger partial charge in [0.1, 0.15) is 15.7 Å². The second-order valence-electron chi connectivity index (χ2n) is 15.6. The summed E-state index contributed by atoms with van der Waals surface area (Å²) in [5.41, 5.74) is 3.37. The van der Waals surface area contributed by atoms with E-state index in [1.54, 1.807) is 20.1 Å². The standard InChI is InChI=1S/C39H51ClN4O6S/c1-24-6-4-8-35(49-3)31-12-9-28(31)20-44-22-39(17-5-7-26-18-29(40)11-14-32(26)39)23-50-36-16-10-27(19-34(36)44)37(46)42-51(48,21-24)43-38(47)41-33-15-13-30(33)25(2)45/h4,8,10-11,14,16,18-19,24-25,28,30-31,33,35,45H,5-7,9,12-13,15,17,20-23H2,1-3H3,(H2,41,42,43,46,47,48)/b8-4+/t24-,25+,28-,30?,31+,33-,35-,39-,51?/m0/s1. The Kier molecular flexibility index (Phi) is 10.5. The van der Waals surface area contributed by atoms with Crippen molar-refractivity contribution in [3.63, 3.8) is 0 Å². The number of allylic oxidation sites excluding steroid dienone is 1. The monoisotopic (exact) mass is 738 g/mol. The summed E-state index contributed by atoms with van der Waals surface area (Å²) in [5, 5.41) is 13.7. The average Bonchev–Trinajstić information content (AvgIpc) is 3.20. The molecule has 0 radical (unpaired) electrons. The van der Waals surface area contributed by atoms with E-state index in [0.717, 1.165) is 62.2 Å². The zero-order valence-corrected chi connectivity index (χ0v) is 31.4. The van der Waals surface area contributed by atoms with Gasteiger partial charge in [0.15, 0.2) is 0 Å². The highest BCUT2D eigenvalue weighted by molar-refractivity contribution is 7.92. The van der Waals surface area contributed by atoms with Crippen LogP contribution in [-0.2, 0) is 26.5 Å². The van der Waals surface area contributed by atoms with Crippen LogP contribution in [0.2, 0.25) is 5.02 Å². The average molecular weight is 739 g/mol. The molecule has 3 amide bonds. The van der Waals surface area contributed by atoms with Crippen molar-refractivity contribution >= 4 is 39.1 Å². The van der Waals surface area contributed by atoms with Gasteiger partial charge >= 0.3 is 6.03 Å². The number of carbonyl (C=O) groups excluding carboxylic acids is 2. The van der Waals surface area contributed by atoms with E-state index in [-0.39, 0.29) is 40.7 Å². The molecule has 12 heteroatoms. The number of hydrogen-bond acceptors (Lipinski definition) is 7. The van der Waals surface area contributed by atoms with Gasteiger partial charge in [0, 0.05) is 48.2 Å². The Morgan fingerprint density at radius 1 is 1.20 bits per heavy atom. The number of methoxy groups -OCH3 is 1. The third-order valence-electron chi connectivity index (χ3n) is 12.0. The maximum atomic E-state index is 14.5. The highest BCUT2D eigenvalue weighted by atomic mass is 35.5. The number of aliphatic hydroxyl groups excluding tert-OH is 1. The van der Waals surface area contributed by atoms with Gasteiger partial charge in [-0.15, -0.1) is 4.36 Å². The number of carbonyl (C=O) groups is 2. The molecule has 10 nitrogen and oxygen atoms in total. The number of halogens is 1. The predicted molar refractivity (Wildman–Crippen MR) is 200 cm³/mol. The number of aliphatic hydroxyl groups is 1. The molecule has 2 aromatic carbocycles. The van der Waals surface area contributed by atoms with E-state index < -0.39 is 28.0 Å². The van der Waals surface area contributed by atoms with Crippen LogP contribution in [0.15, 0.2) is 52.9 Å². The van der Waals surface area contributed by atoms with Crippen LogP contribution < -0.4 is 19.7 Å². The third kappa shape index (κ3) is 7.54. The summed E-state index contributed by atoms with van der Waals surface area (Å²) in [7, 11) is -1.77. The summed E-state index contributed by atoms with van der Waals surface area (Å²) in [6.07, 6.45) is 10.8. The zero-order valence-electron chi connectivity index (χ0n) is 29.8. The molecule has 3 N–H and O–H groups in total. The van der Waals surface area contributed by atoms with Crippen LogP contribution >= 0.6 is 11.6 Å². The van der Waals surface area contributed by atoms with Crippen LogP contribution in [0.1, 0.15) is 80.3 Å². The van der Waals surface area contributed by atoms with Crippen LogP contribution in [-0.4, -0.2) is 72.1 Å². The van der Waals surface area contributed by atoms with Crippen LogP contribution in [0.5, 0.6) is 5.75 Å². The molecule has 2 fully saturated rings. The lowest BCUT2D eigenvalue weighted by atomic mass is 9.68. The third-order valence-corrected chi connectivity index (χ3v) is 14.3. The van der Waals surface area contributed by atoms with Crippen molar-refractivity contribution in [2.75, 3.05) is 37.5 Å². The number of urea groups is 1. The number of nitrogens with zero attached hydrogens (tertiary/aromatic N) is 2. The minimum Gasteiger partial charge on any atom is -0.490 e. The molecule has 2 saturated carbocycles. The number of benzene rings is 2. The first-order valence-corrected chi connectivity index (χ1v) is 20.6. The number of amides is 3. The molecule has 7 rings (SSSR count). The number of ether oxygens (including phenoxy) is 2. The topological polar surface area (TPSA) is 130 Å². The predicted octanol–water partition coefficient (Wildman–Crippen LogP) is 6.43. The smallest absolute Gasteiger partial charge is 0.327 e. The Morgan fingerprint density at radius 2 is 2.04 bits per heavy atom. The van der Waals surface area contributed by atoms with Crippen molar-refractivity contribution in [3.05, 3.63) is 70.3 Å². The Morgan fingerprint density at radius 3 is 2.76 bits per heavy atom. The molecule has 2 heterocycles. The van der Waals surface area contributed by atoms with Crippen LogP contribution in [0, 0.1) is 23.7 Å². The fourth-order valence-electron chi connectivity index (χ4n) is 8.99. The van der Waals surface area contributed by atoms with E-state index in [4.69, 9.17) is 21.1 Å². The Labute approximate surface area is 307 Å². The van der Waals surface area contributed by atoms with Crippen LogP contribution in [0.25, 0.3) is 0 Å². The SMILES string of the molecule is CO[C@H]1/C=C/C[C@H](C)CS(=O)(NC(=O)N[C@H]2CCC2[C@@H](C)O)=NC(=O)c2ccc3c(c2)N(C[C@@H]2CC[C@H]21)C[C@@]1(CCCc2cc(Cl)ccc21)CO3. The highest BCUT2D eigenvalue weighted by Gasteiger charge is 2.44. The fourth-order valence-corrected chi connectivity index (χ4v) is 11.0. The molecule has 2 bridgehead atoms. The summed E-state index contributed by atoms with van der Waals surface area (Å²) >= 11 is 6.45. The highest BCUT2D eigenvalue weighted by Crippen LogP contribution is 2.47. The summed E-state index contributed by atoms with van der Waals surface area (Å²) in [4.78, 5) is 29.6. The van der Waals surface area contributed by atoms with Crippen molar-refractivity contribution < 1.29 is 28.4 Å². The number of nitrogens with one attached hydrogen (secondary N) is 2. The van der Waals surface area contributed by atoms with Crippen molar-refractivity contribution in [1.29, 1.82) is 0 Å². The zero-order chi connectivity index (χ0) is 35.9. The summed E-state index contributed by atoms with van der Waals surface area (Å²) in [5.74, 6) is 0.545. The van der Waals surface area contributed by atoms with Gasteiger partial charge in [-0.25, -0.2) is 9.00 Å². The second kappa shape index (κ2) is 14.7. The minimum absolute atomic E-state index is 0.00315. The molecule has 2 unspecified atom stereocenters. The molecule has 5 aliphatic rings. The lowest BCUT2D eigenvalue weighted by molar-refractivity contribution is 0.0131. The van der Waals surface area contributed by atoms with E-state index in [1.807, 2.05) is 25.1 Å². The Bertz CT molecular complexity index is 1810. The molecule has 2 aliphatic heterocycles. The lowest BCUT2D eigenvalue weighted by Gasteiger charge is -2.46. The Balaban J connectivity index is 1.26. The van der Waals surface area contributed by atoms with E-state index in [2.05, 4.69) is 43.6 Å². The normalized spacial score (nSPS) is 34.6. The molecule has 0 saturated heterocycles. The van der Waals surface area contributed by atoms with E-state index >= 15 is 0 Å². The van der Waals surface area contributed by atoms with Gasteiger partial charge in [-0.05, 0) is 118 Å². The quantitative estimate of drug-likeness (QED) is 0.309. The molecular weight excluding hydrogens is 688 g/mol. The fraction of sp³-hybridized carbons (Fsp3) is 0.590.